The lowest BCUT2D eigenvalue weighted by molar-refractivity contribution is 0.0589. The number of carbonyl (C=O) groups excluding carboxylic acids is 1. The van der Waals surface area contributed by atoms with Crippen LogP contribution in [-0.2, 0) is 4.74 Å². The Morgan fingerprint density at radius 3 is 3.00 bits per heavy atom. The Hall–Kier alpha value is -1.49. The van der Waals surface area contributed by atoms with Gasteiger partial charge in [0.15, 0.2) is 5.75 Å². The van der Waals surface area contributed by atoms with Crippen molar-refractivity contribution >= 4 is 17.6 Å². The minimum absolute atomic E-state index is 0.156. The number of methoxy groups -OCH3 is 1. The molecule has 0 saturated carbocycles. The van der Waals surface area contributed by atoms with Gasteiger partial charge in [-0.15, -0.1) is 0 Å². The SMILES string of the molecule is COC(=O)c1c(Cl)cnc2c1OCCO2. The molecule has 0 N–H and O–H groups in total. The standard InChI is InChI=1S/C9H8ClNO4/c1-13-9(12)6-5(10)4-11-8-7(6)14-2-3-15-8/h4H,2-3H2,1H3. The van der Waals surface area contributed by atoms with Crippen molar-refractivity contribution in [2.45, 2.75) is 0 Å². The summed E-state index contributed by atoms with van der Waals surface area (Å²) in [4.78, 5) is 15.3. The number of halogens is 1. The van der Waals surface area contributed by atoms with Gasteiger partial charge in [0, 0.05) is 0 Å². The lowest BCUT2D eigenvalue weighted by Crippen LogP contribution is -2.19. The Kier molecular flexibility index (Phi) is 2.64. The summed E-state index contributed by atoms with van der Waals surface area (Å²) in [6, 6.07) is 0. The fourth-order valence-electron chi connectivity index (χ4n) is 1.26. The molecule has 0 aliphatic carbocycles. The summed E-state index contributed by atoms with van der Waals surface area (Å²) in [5, 5.41) is 0.186. The van der Waals surface area contributed by atoms with Crippen molar-refractivity contribution in [2.75, 3.05) is 20.3 Å². The number of pyridine rings is 1. The molecule has 0 unspecified atom stereocenters. The summed E-state index contributed by atoms with van der Waals surface area (Å²) >= 11 is 5.84. The van der Waals surface area contributed by atoms with E-state index in [1.54, 1.807) is 0 Å². The van der Waals surface area contributed by atoms with Crippen LogP contribution in [0.5, 0.6) is 11.6 Å². The monoisotopic (exact) mass is 229 g/mol. The van der Waals surface area contributed by atoms with Crippen molar-refractivity contribution in [3.8, 4) is 11.6 Å². The molecule has 1 aromatic rings. The summed E-state index contributed by atoms with van der Waals surface area (Å²) in [6.07, 6.45) is 1.33. The number of rotatable bonds is 1. The van der Waals surface area contributed by atoms with Crippen molar-refractivity contribution in [3.05, 3.63) is 16.8 Å². The van der Waals surface area contributed by atoms with Gasteiger partial charge in [0.1, 0.15) is 18.8 Å². The molecule has 2 rings (SSSR count). The highest BCUT2D eigenvalue weighted by Gasteiger charge is 2.25. The van der Waals surface area contributed by atoms with Crippen LogP contribution >= 0.6 is 11.6 Å². The summed E-state index contributed by atoms with van der Waals surface area (Å²) in [5.74, 6) is -0.0456. The van der Waals surface area contributed by atoms with Crippen LogP contribution in [-0.4, -0.2) is 31.3 Å². The zero-order valence-corrected chi connectivity index (χ0v) is 8.71. The molecule has 0 bridgehead atoms. The first kappa shape index (κ1) is 10.0. The van der Waals surface area contributed by atoms with Gasteiger partial charge in [-0.05, 0) is 0 Å². The van der Waals surface area contributed by atoms with Crippen molar-refractivity contribution in [3.63, 3.8) is 0 Å². The summed E-state index contributed by atoms with van der Waals surface area (Å²) in [7, 11) is 1.27. The van der Waals surface area contributed by atoms with E-state index in [1.165, 1.54) is 13.3 Å². The third kappa shape index (κ3) is 1.70. The van der Waals surface area contributed by atoms with Gasteiger partial charge in [0.05, 0.1) is 18.3 Å². The zero-order chi connectivity index (χ0) is 10.8. The molecule has 2 heterocycles. The van der Waals surface area contributed by atoms with Crippen molar-refractivity contribution in [1.82, 2.24) is 4.98 Å². The second-order valence-electron chi connectivity index (χ2n) is 2.80. The Bertz CT molecular complexity index is 407. The average Bonchev–Trinajstić information content (AvgIpc) is 2.28. The van der Waals surface area contributed by atoms with E-state index < -0.39 is 5.97 Å². The van der Waals surface area contributed by atoms with Crippen LogP contribution in [0.1, 0.15) is 10.4 Å². The highest BCUT2D eigenvalue weighted by atomic mass is 35.5. The van der Waals surface area contributed by atoms with Crippen molar-refractivity contribution < 1.29 is 19.0 Å². The highest BCUT2D eigenvalue weighted by molar-refractivity contribution is 6.33. The number of hydrogen-bond donors (Lipinski definition) is 0. The Balaban J connectivity index is 2.55. The molecule has 0 radical (unpaired) electrons. The Morgan fingerprint density at radius 1 is 1.53 bits per heavy atom. The van der Waals surface area contributed by atoms with Crippen molar-refractivity contribution in [1.29, 1.82) is 0 Å². The van der Waals surface area contributed by atoms with Crippen LogP contribution in [0, 0.1) is 0 Å². The summed E-state index contributed by atoms with van der Waals surface area (Å²) in [5.41, 5.74) is 0.156. The molecular formula is C9H8ClNO4. The van der Waals surface area contributed by atoms with E-state index in [2.05, 4.69) is 9.72 Å². The van der Waals surface area contributed by atoms with Crippen LogP contribution in [0.2, 0.25) is 5.02 Å². The van der Waals surface area contributed by atoms with Gasteiger partial charge in [-0.1, -0.05) is 11.6 Å². The first-order chi connectivity index (χ1) is 7.24. The lowest BCUT2D eigenvalue weighted by atomic mass is 10.2. The molecule has 5 nitrogen and oxygen atoms in total. The van der Waals surface area contributed by atoms with Crippen LogP contribution in [0.15, 0.2) is 6.20 Å². The van der Waals surface area contributed by atoms with Crippen LogP contribution in [0.3, 0.4) is 0 Å². The second-order valence-corrected chi connectivity index (χ2v) is 3.21. The van der Waals surface area contributed by atoms with Crippen molar-refractivity contribution in [2.24, 2.45) is 0 Å². The molecule has 0 spiro atoms. The molecule has 0 saturated heterocycles. The lowest BCUT2D eigenvalue weighted by Gasteiger charge is -2.19. The van der Waals surface area contributed by atoms with Gasteiger partial charge in [-0.3, -0.25) is 0 Å². The number of hydrogen-bond acceptors (Lipinski definition) is 5. The number of carbonyl (C=O) groups is 1. The molecule has 0 aromatic carbocycles. The number of aromatic nitrogens is 1. The Morgan fingerprint density at radius 2 is 2.27 bits per heavy atom. The van der Waals surface area contributed by atoms with E-state index in [0.717, 1.165) is 0 Å². The third-order valence-electron chi connectivity index (χ3n) is 1.91. The van der Waals surface area contributed by atoms with Gasteiger partial charge < -0.3 is 14.2 Å². The molecule has 6 heteroatoms. The predicted molar refractivity (Wildman–Crippen MR) is 51.6 cm³/mol. The highest BCUT2D eigenvalue weighted by Crippen LogP contribution is 2.36. The molecule has 1 aliphatic heterocycles. The topological polar surface area (TPSA) is 57.7 Å². The molecule has 1 aromatic heterocycles. The normalized spacial score (nSPS) is 13.5. The maximum absolute atomic E-state index is 11.4. The fourth-order valence-corrected chi connectivity index (χ4v) is 1.48. The number of esters is 1. The quantitative estimate of drug-likeness (QED) is 0.680. The molecule has 0 atom stereocenters. The van der Waals surface area contributed by atoms with E-state index in [0.29, 0.717) is 13.2 Å². The predicted octanol–water partition coefficient (Wildman–Crippen LogP) is 1.29. The first-order valence-corrected chi connectivity index (χ1v) is 4.64. The smallest absolute Gasteiger partial charge is 0.343 e. The maximum Gasteiger partial charge on any atom is 0.343 e. The van der Waals surface area contributed by atoms with E-state index in [4.69, 9.17) is 21.1 Å². The van der Waals surface area contributed by atoms with Crippen LogP contribution < -0.4 is 9.47 Å². The summed E-state index contributed by atoms with van der Waals surface area (Å²) < 4.78 is 15.1. The average molecular weight is 230 g/mol. The molecule has 0 amide bonds. The number of ether oxygens (including phenoxy) is 3. The maximum atomic E-state index is 11.4. The van der Waals surface area contributed by atoms with E-state index in [9.17, 15) is 4.79 Å². The molecular weight excluding hydrogens is 222 g/mol. The van der Waals surface area contributed by atoms with Crippen LogP contribution in [0.25, 0.3) is 0 Å². The van der Waals surface area contributed by atoms with Gasteiger partial charge >= 0.3 is 5.97 Å². The van der Waals surface area contributed by atoms with Gasteiger partial charge in [0.25, 0.3) is 5.88 Å². The Labute approximate surface area is 90.9 Å². The molecule has 1 aliphatic rings. The van der Waals surface area contributed by atoms with Gasteiger partial charge in [-0.2, -0.15) is 0 Å². The molecule has 0 fully saturated rings. The fraction of sp³-hybridized carbons (Fsp3) is 0.333. The number of nitrogens with zero attached hydrogens (tertiary/aromatic N) is 1. The van der Waals surface area contributed by atoms with Gasteiger partial charge in [0.2, 0.25) is 0 Å². The largest absolute Gasteiger partial charge is 0.484 e. The molecule has 15 heavy (non-hydrogen) atoms. The van der Waals surface area contributed by atoms with E-state index >= 15 is 0 Å². The summed E-state index contributed by atoms with van der Waals surface area (Å²) in [6.45, 7) is 0.765. The minimum atomic E-state index is -0.566. The minimum Gasteiger partial charge on any atom is -0.484 e. The van der Waals surface area contributed by atoms with Crippen LogP contribution in [0.4, 0.5) is 0 Å². The van der Waals surface area contributed by atoms with E-state index in [1.807, 2.05) is 0 Å². The zero-order valence-electron chi connectivity index (χ0n) is 7.95. The number of fused-ring (bicyclic) bond motifs is 1. The third-order valence-corrected chi connectivity index (χ3v) is 2.20. The van der Waals surface area contributed by atoms with E-state index in [-0.39, 0.29) is 22.2 Å². The second kappa shape index (κ2) is 3.94. The molecule has 80 valence electrons. The van der Waals surface area contributed by atoms with Gasteiger partial charge in [-0.25, -0.2) is 9.78 Å². The first-order valence-electron chi connectivity index (χ1n) is 4.26.